The van der Waals surface area contributed by atoms with Gasteiger partial charge in [0.05, 0.1) is 6.07 Å². The van der Waals surface area contributed by atoms with Crippen molar-refractivity contribution in [2.45, 2.75) is 70.6 Å². The molecule has 0 amide bonds. The van der Waals surface area contributed by atoms with E-state index >= 15 is 0 Å². The number of likely N-dealkylation sites (N-methyl/N-ethyl adjacent to an activating group) is 2. The molecule has 1 aliphatic carbocycles. The minimum atomic E-state index is -0.397. The van der Waals surface area contributed by atoms with Gasteiger partial charge in [-0.2, -0.15) is 5.26 Å². The lowest BCUT2D eigenvalue weighted by molar-refractivity contribution is 0.117. The van der Waals surface area contributed by atoms with Gasteiger partial charge in [0.25, 0.3) is 0 Å². The largest absolute Gasteiger partial charge is 0.308 e. The summed E-state index contributed by atoms with van der Waals surface area (Å²) in [7, 11) is 4.23. The molecule has 1 N–H and O–H groups in total. The van der Waals surface area contributed by atoms with Crippen molar-refractivity contribution < 1.29 is 0 Å². The van der Waals surface area contributed by atoms with Crippen LogP contribution >= 0.6 is 0 Å². The topological polar surface area (TPSA) is 42.3 Å². The first-order valence-electron chi connectivity index (χ1n) is 7.90. The molecule has 0 aromatic rings. The van der Waals surface area contributed by atoms with Gasteiger partial charge in [-0.3, -0.25) is 10.2 Å². The van der Waals surface area contributed by atoms with E-state index < -0.39 is 5.54 Å². The number of rotatable bonds is 9. The van der Waals surface area contributed by atoms with E-state index in [4.69, 9.17) is 0 Å². The van der Waals surface area contributed by atoms with Gasteiger partial charge < -0.3 is 4.90 Å². The molecule has 0 heterocycles. The van der Waals surface area contributed by atoms with Gasteiger partial charge in [-0.15, -0.1) is 0 Å². The lowest BCUT2D eigenvalue weighted by Gasteiger charge is -2.38. The molecule has 0 radical (unpaired) electrons. The molecule has 1 rings (SSSR count). The first-order valence-corrected chi connectivity index (χ1v) is 7.90. The van der Waals surface area contributed by atoms with Crippen molar-refractivity contribution in [3.8, 4) is 6.07 Å². The Balaban J connectivity index is 2.60. The highest BCUT2D eigenvalue weighted by Crippen LogP contribution is 2.25. The van der Waals surface area contributed by atoms with Crippen LogP contribution in [0.25, 0.3) is 0 Å². The van der Waals surface area contributed by atoms with E-state index in [1.54, 1.807) is 0 Å². The van der Waals surface area contributed by atoms with Crippen molar-refractivity contribution in [1.29, 1.82) is 5.26 Å². The first-order chi connectivity index (χ1) is 9.31. The molecule has 20 heavy (non-hydrogen) atoms. The molecule has 4 nitrogen and oxygen atoms in total. The molecule has 0 aliphatic heterocycles. The van der Waals surface area contributed by atoms with Crippen LogP contribution in [0.3, 0.4) is 0 Å². The minimum absolute atomic E-state index is 0.397. The van der Waals surface area contributed by atoms with Crippen LogP contribution in [-0.2, 0) is 0 Å². The zero-order valence-electron chi connectivity index (χ0n) is 14.1. The van der Waals surface area contributed by atoms with Crippen molar-refractivity contribution in [3.63, 3.8) is 0 Å². The van der Waals surface area contributed by atoms with E-state index in [9.17, 15) is 5.26 Å². The molecular formula is C16H32N4. The summed E-state index contributed by atoms with van der Waals surface area (Å²) >= 11 is 0. The van der Waals surface area contributed by atoms with Gasteiger partial charge in [-0.25, -0.2) is 0 Å². The Kier molecular flexibility index (Phi) is 6.44. The summed E-state index contributed by atoms with van der Waals surface area (Å²) < 4.78 is 0. The average Bonchev–Trinajstić information content (AvgIpc) is 3.12. The molecule has 3 atom stereocenters. The molecule has 0 spiro atoms. The van der Waals surface area contributed by atoms with E-state index in [0.717, 1.165) is 19.5 Å². The number of hydrogen-bond acceptors (Lipinski definition) is 4. The van der Waals surface area contributed by atoms with Gasteiger partial charge in [0, 0.05) is 24.7 Å². The molecule has 3 unspecified atom stereocenters. The summed E-state index contributed by atoms with van der Waals surface area (Å²) in [5.74, 6) is 0. The van der Waals surface area contributed by atoms with Gasteiger partial charge in [0.2, 0.25) is 0 Å². The molecule has 1 aliphatic rings. The zero-order chi connectivity index (χ0) is 15.3. The first kappa shape index (κ1) is 17.4. The predicted molar refractivity (Wildman–Crippen MR) is 84.7 cm³/mol. The molecule has 1 fully saturated rings. The van der Waals surface area contributed by atoms with Gasteiger partial charge >= 0.3 is 0 Å². The van der Waals surface area contributed by atoms with Crippen LogP contribution in [0.15, 0.2) is 0 Å². The number of nitrogens with zero attached hydrogens (tertiary/aromatic N) is 3. The summed E-state index contributed by atoms with van der Waals surface area (Å²) in [5, 5.41) is 13.0. The maximum absolute atomic E-state index is 9.51. The van der Waals surface area contributed by atoms with Crippen molar-refractivity contribution in [1.82, 2.24) is 15.1 Å². The van der Waals surface area contributed by atoms with Crippen LogP contribution in [0.2, 0.25) is 0 Å². The maximum Gasteiger partial charge on any atom is 0.105 e. The number of nitriles is 1. The summed E-state index contributed by atoms with van der Waals surface area (Å²) in [5.41, 5.74) is -0.397. The van der Waals surface area contributed by atoms with Crippen LogP contribution < -0.4 is 5.32 Å². The Morgan fingerprint density at radius 1 is 1.30 bits per heavy atom. The van der Waals surface area contributed by atoms with Crippen LogP contribution in [0.1, 0.15) is 47.0 Å². The Morgan fingerprint density at radius 2 is 1.90 bits per heavy atom. The molecule has 0 aromatic heterocycles. The van der Waals surface area contributed by atoms with Crippen LogP contribution in [0.5, 0.6) is 0 Å². The maximum atomic E-state index is 9.51. The van der Waals surface area contributed by atoms with Crippen LogP contribution in [0, 0.1) is 11.3 Å². The molecule has 0 aromatic carbocycles. The second-order valence-electron chi connectivity index (χ2n) is 6.86. The van der Waals surface area contributed by atoms with Gasteiger partial charge in [0.15, 0.2) is 0 Å². The van der Waals surface area contributed by atoms with Crippen molar-refractivity contribution in [2.24, 2.45) is 0 Å². The highest BCUT2D eigenvalue weighted by Gasteiger charge is 2.35. The van der Waals surface area contributed by atoms with Crippen LogP contribution in [-0.4, -0.2) is 60.6 Å². The summed E-state index contributed by atoms with van der Waals surface area (Å²) in [6.07, 6.45) is 3.33. The zero-order valence-corrected chi connectivity index (χ0v) is 14.1. The normalized spacial score (nSPS) is 21.6. The standard InChI is InChI=1S/C16H32N4/c1-7-20(14(3)11-19(5)6)13(2)10-16(4,12-17)18-15-8-9-15/h13-15,18H,7-11H2,1-6H3. The Labute approximate surface area is 125 Å². The van der Waals surface area contributed by atoms with Gasteiger partial charge in [-0.05, 0) is 60.7 Å². The van der Waals surface area contributed by atoms with Gasteiger partial charge in [-0.1, -0.05) is 6.92 Å². The summed E-state index contributed by atoms with van der Waals surface area (Å²) in [6.45, 7) is 10.9. The van der Waals surface area contributed by atoms with Crippen LogP contribution in [0.4, 0.5) is 0 Å². The smallest absolute Gasteiger partial charge is 0.105 e. The van der Waals surface area contributed by atoms with E-state index in [2.05, 4.69) is 56.1 Å². The predicted octanol–water partition coefficient (Wildman–Crippen LogP) is 2.07. The SMILES string of the molecule is CCN(C(C)CN(C)C)C(C)CC(C)(C#N)NC1CC1. The van der Waals surface area contributed by atoms with Crippen molar-refractivity contribution in [3.05, 3.63) is 0 Å². The molecular weight excluding hydrogens is 248 g/mol. The lowest BCUT2D eigenvalue weighted by Crippen LogP contribution is -2.51. The third-order valence-corrected chi connectivity index (χ3v) is 4.18. The molecule has 116 valence electrons. The lowest BCUT2D eigenvalue weighted by atomic mass is 9.93. The molecule has 0 saturated heterocycles. The van der Waals surface area contributed by atoms with E-state index in [0.29, 0.717) is 18.1 Å². The second-order valence-corrected chi connectivity index (χ2v) is 6.86. The van der Waals surface area contributed by atoms with Gasteiger partial charge in [0.1, 0.15) is 5.54 Å². The fourth-order valence-electron chi connectivity index (χ4n) is 3.21. The highest BCUT2D eigenvalue weighted by molar-refractivity contribution is 5.08. The fraction of sp³-hybridized carbons (Fsp3) is 0.938. The fourth-order valence-corrected chi connectivity index (χ4v) is 3.21. The highest BCUT2D eigenvalue weighted by atomic mass is 15.2. The second kappa shape index (κ2) is 7.40. The minimum Gasteiger partial charge on any atom is -0.308 e. The third-order valence-electron chi connectivity index (χ3n) is 4.18. The summed E-state index contributed by atoms with van der Waals surface area (Å²) in [6, 6.07) is 3.98. The van der Waals surface area contributed by atoms with Crippen molar-refractivity contribution in [2.75, 3.05) is 27.2 Å². The summed E-state index contributed by atoms with van der Waals surface area (Å²) in [4.78, 5) is 4.73. The molecule has 0 bridgehead atoms. The van der Waals surface area contributed by atoms with E-state index in [-0.39, 0.29) is 0 Å². The Bertz CT molecular complexity index is 332. The molecule has 1 saturated carbocycles. The quantitative estimate of drug-likeness (QED) is 0.702. The Hall–Kier alpha value is -0.630. The average molecular weight is 280 g/mol. The molecule has 4 heteroatoms. The van der Waals surface area contributed by atoms with E-state index in [1.165, 1.54) is 12.8 Å². The number of nitrogens with one attached hydrogen (secondary N) is 1. The monoisotopic (exact) mass is 280 g/mol. The Morgan fingerprint density at radius 3 is 2.30 bits per heavy atom. The van der Waals surface area contributed by atoms with Crippen molar-refractivity contribution >= 4 is 0 Å². The number of hydrogen-bond donors (Lipinski definition) is 1. The third kappa shape index (κ3) is 5.40. The van der Waals surface area contributed by atoms with E-state index in [1.807, 2.05) is 6.92 Å².